The monoisotopic (exact) mass is 468 g/mol. The zero-order valence-electron chi connectivity index (χ0n) is 18.9. The Hall–Kier alpha value is -3.36. The summed E-state index contributed by atoms with van der Waals surface area (Å²) < 4.78 is 38.2. The molecule has 0 bridgehead atoms. The number of sulfonamides is 1. The molecule has 0 saturated carbocycles. The predicted octanol–water partition coefficient (Wildman–Crippen LogP) is 4.41. The van der Waals surface area contributed by atoms with E-state index in [-0.39, 0.29) is 17.2 Å². The third kappa shape index (κ3) is 5.71. The molecule has 0 fully saturated rings. The second-order valence-electron chi connectivity index (χ2n) is 7.15. The summed E-state index contributed by atoms with van der Waals surface area (Å²) in [7, 11) is -2.23. The van der Waals surface area contributed by atoms with Crippen LogP contribution in [0, 0.1) is 0 Å². The molecule has 0 spiro atoms. The quantitative estimate of drug-likeness (QED) is 0.476. The van der Waals surface area contributed by atoms with Gasteiger partial charge in [-0.25, -0.2) is 8.42 Å². The fourth-order valence-electron chi connectivity index (χ4n) is 3.44. The van der Waals surface area contributed by atoms with E-state index in [4.69, 9.17) is 9.47 Å². The van der Waals surface area contributed by atoms with Gasteiger partial charge in [-0.15, -0.1) is 0 Å². The molecule has 8 heteroatoms. The average Bonchev–Trinajstić information content (AvgIpc) is 2.84. The molecular formula is C25H28N2O5S. The number of nitrogens with one attached hydrogen (secondary N) is 1. The molecule has 0 aliphatic rings. The van der Waals surface area contributed by atoms with Gasteiger partial charge in [0.1, 0.15) is 11.5 Å². The van der Waals surface area contributed by atoms with Crippen LogP contribution in [0.4, 0.5) is 5.69 Å². The molecule has 0 heterocycles. The molecule has 7 nitrogen and oxygen atoms in total. The maximum Gasteiger partial charge on any atom is 0.262 e. The van der Waals surface area contributed by atoms with Crippen LogP contribution in [-0.4, -0.2) is 45.4 Å². The lowest BCUT2D eigenvalue weighted by Gasteiger charge is -2.19. The van der Waals surface area contributed by atoms with Gasteiger partial charge in [-0.3, -0.25) is 4.79 Å². The van der Waals surface area contributed by atoms with Crippen molar-refractivity contribution in [3.8, 4) is 22.6 Å². The van der Waals surface area contributed by atoms with Crippen molar-refractivity contribution in [1.29, 1.82) is 0 Å². The van der Waals surface area contributed by atoms with Crippen LogP contribution in [0.25, 0.3) is 11.1 Å². The van der Waals surface area contributed by atoms with Gasteiger partial charge in [0, 0.05) is 18.7 Å². The molecule has 174 valence electrons. The van der Waals surface area contributed by atoms with Gasteiger partial charge >= 0.3 is 0 Å². The van der Waals surface area contributed by atoms with Gasteiger partial charge in [0.25, 0.3) is 5.91 Å². The van der Waals surface area contributed by atoms with Crippen molar-refractivity contribution in [1.82, 2.24) is 4.31 Å². The highest BCUT2D eigenvalue weighted by molar-refractivity contribution is 7.89. The minimum atomic E-state index is -3.68. The molecular weight excluding hydrogens is 440 g/mol. The smallest absolute Gasteiger partial charge is 0.262 e. The second-order valence-corrected chi connectivity index (χ2v) is 9.09. The van der Waals surface area contributed by atoms with E-state index in [1.807, 2.05) is 48.5 Å². The SMILES string of the molecule is CCN(CC)S(=O)(=O)c1ccc(OC)c(NC(=O)COc2ccccc2-c2ccccc2)c1. The lowest BCUT2D eigenvalue weighted by atomic mass is 10.1. The molecule has 3 rings (SSSR count). The Kier molecular flexibility index (Phi) is 8.08. The number of benzene rings is 3. The molecule has 1 amide bonds. The lowest BCUT2D eigenvalue weighted by molar-refractivity contribution is -0.118. The Morgan fingerprint density at radius 1 is 0.909 bits per heavy atom. The van der Waals surface area contributed by atoms with Crippen molar-refractivity contribution in [3.05, 3.63) is 72.8 Å². The van der Waals surface area contributed by atoms with Gasteiger partial charge < -0.3 is 14.8 Å². The summed E-state index contributed by atoms with van der Waals surface area (Å²) in [5.41, 5.74) is 2.11. The Labute approximate surface area is 195 Å². The molecule has 3 aromatic carbocycles. The van der Waals surface area contributed by atoms with Gasteiger partial charge in [-0.2, -0.15) is 4.31 Å². The van der Waals surface area contributed by atoms with Crippen LogP contribution in [0.2, 0.25) is 0 Å². The van der Waals surface area contributed by atoms with Gasteiger partial charge in [-0.05, 0) is 29.8 Å². The van der Waals surface area contributed by atoms with Crippen LogP contribution in [0.1, 0.15) is 13.8 Å². The number of amides is 1. The summed E-state index contributed by atoms with van der Waals surface area (Å²) in [6.45, 7) is 4.00. The van der Waals surface area contributed by atoms with Crippen molar-refractivity contribution in [2.45, 2.75) is 18.7 Å². The first-order chi connectivity index (χ1) is 15.9. The number of anilines is 1. The standard InChI is InChI=1S/C25H28N2O5S/c1-4-27(5-2)33(29,30)20-15-16-24(31-3)22(17-20)26-25(28)18-32-23-14-10-9-13-21(23)19-11-7-6-8-12-19/h6-17H,4-5,18H2,1-3H3,(H,26,28). The van der Waals surface area contributed by atoms with Crippen LogP contribution >= 0.6 is 0 Å². The number of para-hydroxylation sites is 1. The van der Waals surface area contributed by atoms with Crippen LogP contribution in [-0.2, 0) is 14.8 Å². The highest BCUT2D eigenvalue weighted by Crippen LogP contribution is 2.31. The second kappa shape index (κ2) is 11.0. The summed E-state index contributed by atoms with van der Waals surface area (Å²) in [4.78, 5) is 12.7. The first kappa shape index (κ1) is 24.3. The fraction of sp³-hybridized carbons (Fsp3) is 0.240. The minimum absolute atomic E-state index is 0.0811. The van der Waals surface area contributed by atoms with E-state index in [0.717, 1.165) is 11.1 Å². The third-order valence-electron chi connectivity index (χ3n) is 5.12. The highest BCUT2D eigenvalue weighted by atomic mass is 32.2. The van der Waals surface area contributed by atoms with Crippen molar-refractivity contribution in [2.75, 3.05) is 32.1 Å². The van der Waals surface area contributed by atoms with E-state index in [1.165, 1.54) is 29.6 Å². The van der Waals surface area contributed by atoms with E-state index in [9.17, 15) is 13.2 Å². The molecule has 0 atom stereocenters. The molecule has 0 radical (unpaired) electrons. The number of carbonyl (C=O) groups excluding carboxylic acids is 1. The first-order valence-electron chi connectivity index (χ1n) is 10.7. The average molecular weight is 469 g/mol. The molecule has 33 heavy (non-hydrogen) atoms. The van der Waals surface area contributed by atoms with E-state index in [2.05, 4.69) is 5.32 Å². The van der Waals surface area contributed by atoms with Crippen LogP contribution in [0.3, 0.4) is 0 Å². The normalized spacial score (nSPS) is 11.3. The van der Waals surface area contributed by atoms with Crippen LogP contribution in [0.15, 0.2) is 77.7 Å². The molecule has 0 saturated heterocycles. The number of hydrogen-bond acceptors (Lipinski definition) is 5. The largest absolute Gasteiger partial charge is 0.495 e. The molecule has 0 aromatic heterocycles. The van der Waals surface area contributed by atoms with Gasteiger partial charge in [0.2, 0.25) is 10.0 Å². The number of ether oxygens (including phenoxy) is 2. The van der Waals surface area contributed by atoms with Crippen LogP contribution < -0.4 is 14.8 Å². The van der Waals surface area contributed by atoms with Crippen molar-refractivity contribution in [3.63, 3.8) is 0 Å². The number of carbonyl (C=O) groups is 1. The number of nitrogens with zero attached hydrogens (tertiary/aromatic N) is 1. The lowest BCUT2D eigenvalue weighted by Crippen LogP contribution is -2.30. The van der Waals surface area contributed by atoms with E-state index < -0.39 is 15.9 Å². The van der Waals surface area contributed by atoms with E-state index in [0.29, 0.717) is 24.6 Å². The highest BCUT2D eigenvalue weighted by Gasteiger charge is 2.23. The maximum atomic E-state index is 12.9. The molecule has 0 unspecified atom stereocenters. The number of methoxy groups -OCH3 is 1. The summed E-state index contributed by atoms with van der Waals surface area (Å²) in [5.74, 6) is 0.490. The molecule has 0 aliphatic heterocycles. The zero-order valence-corrected chi connectivity index (χ0v) is 19.8. The van der Waals surface area contributed by atoms with E-state index in [1.54, 1.807) is 19.9 Å². The van der Waals surface area contributed by atoms with Crippen molar-refractivity contribution < 1.29 is 22.7 Å². The van der Waals surface area contributed by atoms with Crippen molar-refractivity contribution >= 4 is 21.6 Å². The third-order valence-corrected chi connectivity index (χ3v) is 7.16. The summed E-state index contributed by atoms with van der Waals surface area (Å²) in [6, 6.07) is 21.6. The fourth-order valence-corrected chi connectivity index (χ4v) is 4.92. The van der Waals surface area contributed by atoms with Crippen molar-refractivity contribution in [2.24, 2.45) is 0 Å². The van der Waals surface area contributed by atoms with Gasteiger partial charge in [0.15, 0.2) is 6.61 Å². The van der Waals surface area contributed by atoms with E-state index >= 15 is 0 Å². The Balaban J connectivity index is 1.78. The van der Waals surface area contributed by atoms with Gasteiger partial charge in [0.05, 0.1) is 17.7 Å². The predicted molar refractivity (Wildman–Crippen MR) is 129 cm³/mol. The Morgan fingerprint density at radius 2 is 1.58 bits per heavy atom. The topological polar surface area (TPSA) is 84.9 Å². The van der Waals surface area contributed by atoms with Crippen LogP contribution in [0.5, 0.6) is 11.5 Å². The number of rotatable bonds is 10. The minimum Gasteiger partial charge on any atom is -0.495 e. The molecule has 0 aliphatic carbocycles. The first-order valence-corrected chi connectivity index (χ1v) is 12.1. The summed E-state index contributed by atoms with van der Waals surface area (Å²) in [6.07, 6.45) is 0. The van der Waals surface area contributed by atoms with Gasteiger partial charge in [-0.1, -0.05) is 62.4 Å². The Bertz CT molecular complexity index is 1190. The molecule has 1 N–H and O–H groups in total. The summed E-state index contributed by atoms with van der Waals surface area (Å²) in [5, 5.41) is 2.71. The molecule has 3 aromatic rings. The maximum absolute atomic E-state index is 12.9. The Morgan fingerprint density at radius 3 is 2.24 bits per heavy atom. The summed E-state index contributed by atoms with van der Waals surface area (Å²) >= 11 is 0. The zero-order chi connectivity index (χ0) is 23.8. The number of hydrogen-bond donors (Lipinski definition) is 1.